The van der Waals surface area contributed by atoms with Crippen molar-refractivity contribution in [1.29, 1.82) is 0 Å². The third-order valence-corrected chi connectivity index (χ3v) is 4.81. The number of ketones is 1. The molecule has 0 unspecified atom stereocenters. The highest BCUT2D eigenvalue weighted by Gasteiger charge is 2.22. The van der Waals surface area contributed by atoms with E-state index in [1.807, 2.05) is 20.1 Å². The minimum Gasteiger partial charge on any atom is -0.396 e. The average Bonchev–Trinajstić information content (AvgIpc) is 2.65. The van der Waals surface area contributed by atoms with Crippen molar-refractivity contribution in [3.8, 4) is 0 Å². The van der Waals surface area contributed by atoms with Crippen LogP contribution in [0.2, 0.25) is 0 Å². The van der Waals surface area contributed by atoms with Gasteiger partial charge in [-0.25, -0.2) is 0 Å². The highest BCUT2D eigenvalue weighted by atomic mass is 32.2. The number of carbonyl (C=O) groups is 1. The molecule has 0 radical (unpaired) electrons. The van der Waals surface area contributed by atoms with Gasteiger partial charge in [0.25, 0.3) is 0 Å². The second kappa shape index (κ2) is 7.04. The van der Waals surface area contributed by atoms with Crippen molar-refractivity contribution in [1.82, 2.24) is 0 Å². The number of nitrogen functional groups attached to an aromatic ring is 1. The summed E-state index contributed by atoms with van der Waals surface area (Å²) in [6, 6.07) is 0. The minimum absolute atomic E-state index is 0.0100. The number of Topliss-reactive ketones (excluding diaryl/α,β-unsaturated/α-hetero) is 1. The largest absolute Gasteiger partial charge is 0.396 e. The number of nitrogens with one attached hydrogen (secondary N) is 1. The van der Waals surface area contributed by atoms with Gasteiger partial charge in [-0.15, -0.1) is 23.1 Å². The number of rotatable bonds is 7. The fourth-order valence-corrected chi connectivity index (χ4v) is 3.72. The summed E-state index contributed by atoms with van der Waals surface area (Å²) in [5.74, 6) is 0.125. The lowest BCUT2D eigenvalue weighted by Crippen LogP contribution is -2.07. The van der Waals surface area contributed by atoms with Gasteiger partial charge in [0.15, 0.2) is 5.78 Å². The summed E-state index contributed by atoms with van der Waals surface area (Å²) in [7, 11) is 0. The lowest BCUT2D eigenvalue weighted by Gasteiger charge is -2.04. The van der Waals surface area contributed by atoms with Crippen molar-refractivity contribution in [3.63, 3.8) is 0 Å². The second-order valence-electron chi connectivity index (χ2n) is 4.51. The van der Waals surface area contributed by atoms with E-state index in [2.05, 4.69) is 12.2 Å². The summed E-state index contributed by atoms with van der Waals surface area (Å²) < 4.78 is 0. The first-order chi connectivity index (χ1) is 8.52. The van der Waals surface area contributed by atoms with Crippen molar-refractivity contribution < 1.29 is 4.79 Å². The first kappa shape index (κ1) is 15.4. The van der Waals surface area contributed by atoms with Crippen LogP contribution in [0.1, 0.15) is 43.3 Å². The molecular weight excluding hydrogens is 264 g/mol. The fourth-order valence-electron chi connectivity index (χ4n) is 1.57. The molecule has 0 aliphatic heterocycles. The van der Waals surface area contributed by atoms with E-state index in [0.717, 1.165) is 29.3 Å². The molecule has 0 fully saturated rings. The van der Waals surface area contributed by atoms with Gasteiger partial charge in [-0.2, -0.15) is 0 Å². The van der Waals surface area contributed by atoms with E-state index < -0.39 is 0 Å². The first-order valence-corrected chi connectivity index (χ1v) is 8.31. The number of carbonyl (C=O) groups excluding carboxylic acids is 1. The SMILES string of the molecule is CCCCNc1sc(C(=O)C(C)C)c(N)c1SC. The summed E-state index contributed by atoms with van der Waals surface area (Å²) in [5.41, 5.74) is 6.73. The van der Waals surface area contributed by atoms with Crippen LogP contribution in [0.15, 0.2) is 4.90 Å². The van der Waals surface area contributed by atoms with Crippen LogP contribution in [-0.2, 0) is 0 Å². The van der Waals surface area contributed by atoms with Gasteiger partial charge in [-0.05, 0) is 12.7 Å². The highest BCUT2D eigenvalue weighted by Crippen LogP contribution is 2.42. The molecular formula is C13H22N2OS2. The molecule has 5 heteroatoms. The van der Waals surface area contributed by atoms with Gasteiger partial charge in [0, 0.05) is 12.5 Å². The zero-order chi connectivity index (χ0) is 13.7. The van der Waals surface area contributed by atoms with Gasteiger partial charge in [0.2, 0.25) is 0 Å². The Bertz CT molecular complexity index is 413. The predicted molar refractivity (Wildman–Crippen MR) is 83.1 cm³/mol. The average molecular weight is 286 g/mol. The summed E-state index contributed by atoms with van der Waals surface area (Å²) in [5, 5.41) is 4.42. The number of thiophene rings is 1. The van der Waals surface area contributed by atoms with Crippen molar-refractivity contribution in [2.45, 2.75) is 38.5 Å². The van der Waals surface area contributed by atoms with Crippen LogP contribution >= 0.6 is 23.1 Å². The predicted octanol–water partition coefficient (Wildman–Crippen LogP) is 4.10. The lowest BCUT2D eigenvalue weighted by molar-refractivity contribution is 0.0944. The number of nitrogens with two attached hydrogens (primary N) is 1. The number of thioether (sulfide) groups is 1. The number of hydrogen-bond acceptors (Lipinski definition) is 5. The molecule has 1 rings (SSSR count). The number of anilines is 2. The third kappa shape index (κ3) is 3.42. The molecule has 0 bridgehead atoms. The van der Waals surface area contributed by atoms with Gasteiger partial charge in [-0.3, -0.25) is 4.79 Å². The van der Waals surface area contributed by atoms with Gasteiger partial charge in [0.1, 0.15) is 5.00 Å². The standard InChI is InChI=1S/C13H22N2OS2/c1-5-6-7-15-13-12(17-4)9(14)11(18-13)10(16)8(2)3/h8,15H,5-7,14H2,1-4H3. The number of hydrogen-bond donors (Lipinski definition) is 2. The van der Waals surface area contributed by atoms with E-state index >= 15 is 0 Å². The molecule has 3 N–H and O–H groups in total. The van der Waals surface area contributed by atoms with Crippen LogP contribution in [0.3, 0.4) is 0 Å². The van der Waals surface area contributed by atoms with E-state index in [0.29, 0.717) is 10.6 Å². The maximum atomic E-state index is 12.1. The van der Waals surface area contributed by atoms with Crippen LogP contribution in [-0.4, -0.2) is 18.6 Å². The zero-order valence-corrected chi connectivity index (χ0v) is 13.1. The van der Waals surface area contributed by atoms with Crippen molar-refractivity contribution in [2.75, 3.05) is 23.9 Å². The summed E-state index contributed by atoms with van der Waals surface area (Å²) in [6.07, 6.45) is 4.27. The van der Waals surface area contributed by atoms with Gasteiger partial charge in [0.05, 0.1) is 15.5 Å². The van der Waals surface area contributed by atoms with E-state index in [1.54, 1.807) is 11.8 Å². The second-order valence-corrected chi connectivity index (χ2v) is 6.34. The monoisotopic (exact) mass is 286 g/mol. The molecule has 1 aromatic rings. The van der Waals surface area contributed by atoms with E-state index in [-0.39, 0.29) is 11.7 Å². The van der Waals surface area contributed by atoms with Crippen LogP contribution in [0, 0.1) is 5.92 Å². The van der Waals surface area contributed by atoms with Crippen molar-refractivity contribution in [2.24, 2.45) is 5.92 Å². The van der Waals surface area contributed by atoms with Crippen LogP contribution in [0.4, 0.5) is 10.7 Å². The Kier molecular flexibility index (Phi) is 6.02. The molecule has 0 spiro atoms. The zero-order valence-electron chi connectivity index (χ0n) is 11.5. The molecule has 1 heterocycles. The maximum absolute atomic E-state index is 12.1. The van der Waals surface area contributed by atoms with Crippen LogP contribution < -0.4 is 11.1 Å². The molecule has 0 aliphatic carbocycles. The minimum atomic E-state index is -0.0100. The molecule has 0 aromatic carbocycles. The quantitative estimate of drug-likeness (QED) is 0.450. The molecule has 102 valence electrons. The molecule has 0 saturated heterocycles. The Morgan fingerprint density at radius 3 is 2.67 bits per heavy atom. The van der Waals surface area contributed by atoms with Gasteiger partial charge >= 0.3 is 0 Å². The third-order valence-electron chi connectivity index (χ3n) is 2.67. The van der Waals surface area contributed by atoms with Crippen LogP contribution in [0.25, 0.3) is 0 Å². The fraction of sp³-hybridized carbons (Fsp3) is 0.615. The lowest BCUT2D eigenvalue weighted by atomic mass is 10.1. The summed E-state index contributed by atoms with van der Waals surface area (Å²) in [6.45, 7) is 6.90. The van der Waals surface area contributed by atoms with Crippen LogP contribution in [0.5, 0.6) is 0 Å². The highest BCUT2D eigenvalue weighted by molar-refractivity contribution is 7.99. The topological polar surface area (TPSA) is 55.1 Å². The molecule has 0 aliphatic rings. The Morgan fingerprint density at radius 2 is 2.17 bits per heavy atom. The molecule has 18 heavy (non-hydrogen) atoms. The summed E-state index contributed by atoms with van der Waals surface area (Å²) in [4.78, 5) is 13.8. The van der Waals surface area contributed by atoms with Crippen molar-refractivity contribution >= 4 is 39.6 Å². The Labute approximate surface area is 118 Å². The molecule has 0 atom stereocenters. The molecule has 1 aromatic heterocycles. The first-order valence-electron chi connectivity index (χ1n) is 6.27. The smallest absolute Gasteiger partial charge is 0.177 e. The van der Waals surface area contributed by atoms with Gasteiger partial charge in [-0.1, -0.05) is 27.2 Å². The maximum Gasteiger partial charge on any atom is 0.177 e. The number of unbranched alkanes of at least 4 members (excludes halogenated alkanes) is 1. The molecule has 0 amide bonds. The van der Waals surface area contributed by atoms with E-state index in [9.17, 15) is 4.79 Å². The Hall–Kier alpha value is -0.680. The normalized spacial score (nSPS) is 10.9. The van der Waals surface area contributed by atoms with E-state index in [1.165, 1.54) is 11.3 Å². The molecule has 0 saturated carbocycles. The van der Waals surface area contributed by atoms with Crippen molar-refractivity contribution in [3.05, 3.63) is 4.88 Å². The Balaban J connectivity index is 2.97. The summed E-state index contributed by atoms with van der Waals surface area (Å²) >= 11 is 3.09. The molecule has 3 nitrogen and oxygen atoms in total. The Morgan fingerprint density at radius 1 is 1.50 bits per heavy atom. The van der Waals surface area contributed by atoms with E-state index in [4.69, 9.17) is 5.73 Å². The van der Waals surface area contributed by atoms with Gasteiger partial charge < -0.3 is 11.1 Å².